The number of carbonyl (C=O) groups is 1. The van der Waals surface area contributed by atoms with Gasteiger partial charge in [-0.2, -0.15) is 5.10 Å². The molecule has 0 radical (unpaired) electrons. The molecule has 0 aromatic carbocycles. The van der Waals surface area contributed by atoms with Gasteiger partial charge >= 0.3 is 0 Å². The van der Waals surface area contributed by atoms with Crippen molar-refractivity contribution in [2.75, 3.05) is 6.54 Å². The minimum absolute atomic E-state index is 0.0371. The van der Waals surface area contributed by atoms with Crippen molar-refractivity contribution in [2.45, 2.75) is 18.9 Å². The number of nitrogens with zero attached hydrogens (tertiary/aromatic N) is 3. The third-order valence-corrected chi connectivity index (χ3v) is 3.39. The predicted molar refractivity (Wildman–Crippen MR) is 64.9 cm³/mol. The van der Waals surface area contributed by atoms with Crippen molar-refractivity contribution in [2.24, 2.45) is 7.05 Å². The number of carbonyl (C=O) groups excluding carboxylic acids is 1. The van der Waals surface area contributed by atoms with Gasteiger partial charge in [-0.15, -0.1) is 0 Å². The van der Waals surface area contributed by atoms with E-state index in [0.29, 0.717) is 5.56 Å². The first-order valence-electron chi connectivity index (χ1n) is 6.07. The fraction of sp³-hybridized carbons (Fsp3) is 0.385. The van der Waals surface area contributed by atoms with Crippen molar-refractivity contribution in [1.29, 1.82) is 0 Å². The Morgan fingerprint density at radius 3 is 3.11 bits per heavy atom. The summed E-state index contributed by atoms with van der Waals surface area (Å²) < 4.78 is 6.75. The molecule has 1 amide bonds. The molecule has 1 unspecified atom stereocenters. The molecule has 5 heteroatoms. The zero-order valence-electron chi connectivity index (χ0n) is 10.2. The van der Waals surface area contributed by atoms with E-state index < -0.39 is 0 Å². The van der Waals surface area contributed by atoms with E-state index in [9.17, 15) is 4.79 Å². The number of hydrogen-bond donors (Lipinski definition) is 0. The van der Waals surface area contributed by atoms with Gasteiger partial charge in [0, 0.05) is 25.4 Å². The van der Waals surface area contributed by atoms with Crippen molar-refractivity contribution in [3.05, 3.63) is 42.1 Å². The van der Waals surface area contributed by atoms with E-state index in [2.05, 4.69) is 5.10 Å². The monoisotopic (exact) mass is 245 g/mol. The summed E-state index contributed by atoms with van der Waals surface area (Å²) in [4.78, 5) is 14.2. The fourth-order valence-corrected chi connectivity index (χ4v) is 2.52. The van der Waals surface area contributed by atoms with Crippen molar-refractivity contribution in [3.63, 3.8) is 0 Å². The molecule has 0 bridgehead atoms. The lowest BCUT2D eigenvalue weighted by molar-refractivity contribution is 0.0735. The topological polar surface area (TPSA) is 51.3 Å². The highest BCUT2D eigenvalue weighted by Gasteiger charge is 2.31. The van der Waals surface area contributed by atoms with Crippen molar-refractivity contribution < 1.29 is 9.21 Å². The van der Waals surface area contributed by atoms with Crippen LogP contribution in [0.1, 0.15) is 34.8 Å². The summed E-state index contributed by atoms with van der Waals surface area (Å²) in [7, 11) is 1.89. The summed E-state index contributed by atoms with van der Waals surface area (Å²) in [6, 6.07) is 1.85. The molecule has 0 saturated carbocycles. The van der Waals surface area contributed by atoms with E-state index in [1.807, 2.05) is 24.3 Å². The van der Waals surface area contributed by atoms with E-state index in [-0.39, 0.29) is 11.9 Å². The largest absolute Gasteiger partial charge is 0.472 e. The Hall–Kier alpha value is -2.04. The van der Waals surface area contributed by atoms with Crippen LogP contribution in [-0.4, -0.2) is 27.1 Å². The Bertz CT molecular complexity index is 544. The molecule has 2 aromatic heterocycles. The third-order valence-electron chi connectivity index (χ3n) is 3.39. The van der Waals surface area contributed by atoms with Gasteiger partial charge in [0.2, 0.25) is 0 Å². The molecular formula is C13H15N3O2. The maximum Gasteiger partial charge on any atom is 0.257 e. The summed E-state index contributed by atoms with van der Waals surface area (Å²) in [5.74, 6) is 0.0371. The average Bonchev–Trinajstić information content (AvgIpc) is 3.09. The Balaban J connectivity index is 1.85. The number of aromatic nitrogens is 2. The molecule has 0 spiro atoms. The first kappa shape index (κ1) is 11.1. The van der Waals surface area contributed by atoms with Crippen molar-refractivity contribution in [3.8, 4) is 0 Å². The molecule has 18 heavy (non-hydrogen) atoms. The van der Waals surface area contributed by atoms with Crippen LogP contribution in [0, 0.1) is 0 Å². The van der Waals surface area contributed by atoms with Gasteiger partial charge in [-0.1, -0.05) is 0 Å². The maximum absolute atomic E-state index is 12.3. The smallest absolute Gasteiger partial charge is 0.257 e. The van der Waals surface area contributed by atoms with Gasteiger partial charge in [-0.25, -0.2) is 0 Å². The van der Waals surface area contributed by atoms with Crippen LogP contribution < -0.4 is 0 Å². The van der Waals surface area contributed by atoms with Gasteiger partial charge < -0.3 is 9.32 Å². The minimum atomic E-state index is 0.0371. The molecule has 1 aliphatic rings. The molecule has 0 aliphatic carbocycles. The van der Waals surface area contributed by atoms with Gasteiger partial charge in [-0.3, -0.25) is 9.48 Å². The zero-order chi connectivity index (χ0) is 12.5. The van der Waals surface area contributed by atoms with Gasteiger partial charge in [0.1, 0.15) is 6.26 Å². The molecule has 3 rings (SSSR count). The normalized spacial score (nSPS) is 19.4. The number of amides is 1. The molecule has 1 aliphatic heterocycles. The van der Waals surface area contributed by atoms with Gasteiger partial charge in [-0.05, 0) is 18.9 Å². The van der Waals surface area contributed by atoms with E-state index in [4.69, 9.17) is 4.42 Å². The lowest BCUT2D eigenvalue weighted by atomic mass is 10.1. The van der Waals surface area contributed by atoms with Crippen molar-refractivity contribution in [1.82, 2.24) is 14.7 Å². The summed E-state index contributed by atoms with van der Waals surface area (Å²) >= 11 is 0. The van der Waals surface area contributed by atoms with Gasteiger partial charge in [0.05, 0.1) is 24.1 Å². The molecule has 94 valence electrons. The van der Waals surface area contributed by atoms with Crippen LogP contribution in [0.15, 0.2) is 35.4 Å². The van der Waals surface area contributed by atoms with E-state index in [1.165, 1.54) is 12.5 Å². The van der Waals surface area contributed by atoms with E-state index in [0.717, 1.165) is 24.9 Å². The Morgan fingerprint density at radius 2 is 2.44 bits per heavy atom. The van der Waals surface area contributed by atoms with Crippen LogP contribution in [0.3, 0.4) is 0 Å². The second kappa shape index (κ2) is 4.33. The van der Waals surface area contributed by atoms with Crippen LogP contribution in [0.4, 0.5) is 0 Å². The number of rotatable bonds is 2. The van der Waals surface area contributed by atoms with Crippen molar-refractivity contribution >= 4 is 5.91 Å². The van der Waals surface area contributed by atoms with Gasteiger partial charge in [0.15, 0.2) is 0 Å². The Labute approximate surface area is 105 Å². The fourth-order valence-electron chi connectivity index (χ4n) is 2.52. The highest BCUT2D eigenvalue weighted by Crippen LogP contribution is 2.32. The molecule has 3 heterocycles. The standard InChI is InChI=1S/C13H15N3O2/c1-15-8-11(7-14-15)12-3-2-5-16(12)13(17)10-4-6-18-9-10/h4,6-9,12H,2-3,5H2,1H3. The second-order valence-corrected chi connectivity index (χ2v) is 4.62. The van der Waals surface area contributed by atoms with Crippen LogP contribution in [0.5, 0.6) is 0 Å². The molecule has 0 N–H and O–H groups in total. The average molecular weight is 245 g/mol. The van der Waals surface area contributed by atoms with Crippen LogP contribution in [0.2, 0.25) is 0 Å². The quantitative estimate of drug-likeness (QED) is 0.813. The number of furan rings is 1. The Morgan fingerprint density at radius 1 is 1.56 bits per heavy atom. The number of aryl methyl sites for hydroxylation is 1. The summed E-state index contributed by atoms with van der Waals surface area (Å²) in [5, 5.41) is 4.18. The van der Waals surface area contributed by atoms with E-state index in [1.54, 1.807) is 10.7 Å². The maximum atomic E-state index is 12.3. The second-order valence-electron chi connectivity index (χ2n) is 4.62. The minimum Gasteiger partial charge on any atom is -0.472 e. The SMILES string of the molecule is Cn1cc(C2CCCN2C(=O)c2ccoc2)cn1. The van der Waals surface area contributed by atoms with Crippen LogP contribution in [0.25, 0.3) is 0 Å². The molecule has 1 atom stereocenters. The third kappa shape index (κ3) is 1.81. The van der Waals surface area contributed by atoms with Gasteiger partial charge in [0.25, 0.3) is 5.91 Å². The first-order chi connectivity index (χ1) is 8.75. The predicted octanol–water partition coefficient (Wildman–Crippen LogP) is 1.99. The first-order valence-corrected chi connectivity index (χ1v) is 6.07. The summed E-state index contributed by atoms with van der Waals surface area (Å²) in [5.41, 5.74) is 1.72. The molecule has 2 aromatic rings. The lowest BCUT2D eigenvalue weighted by Crippen LogP contribution is -2.30. The number of likely N-dealkylation sites (tertiary alicyclic amines) is 1. The molecule has 1 saturated heterocycles. The zero-order valence-corrected chi connectivity index (χ0v) is 10.2. The number of hydrogen-bond acceptors (Lipinski definition) is 3. The molecule has 1 fully saturated rings. The lowest BCUT2D eigenvalue weighted by Gasteiger charge is -2.23. The summed E-state index contributed by atoms with van der Waals surface area (Å²) in [6.07, 6.45) is 8.87. The Kier molecular flexibility index (Phi) is 2.66. The summed E-state index contributed by atoms with van der Waals surface area (Å²) in [6.45, 7) is 0.795. The highest BCUT2D eigenvalue weighted by atomic mass is 16.3. The van der Waals surface area contributed by atoms with Crippen LogP contribution in [-0.2, 0) is 7.05 Å². The van der Waals surface area contributed by atoms with Crippen LogP contribution >= 0.6 is 0 Å². The highest BCUT2D eigenvalue weighted by molar-refractivity contribution is 5.94. The van der Waals surface area contributed by atoms with E-state index >= 15 is 0 Å². The molecular weight excluding hydrogens is 230 g/mol. The molecule has 5 nitrogen and oxygen atoms in total.